The number of hydrogen-bond acceptors (Lipinski definition) is 6. The van der Waals surface area contributed by atoms with Crippen LogP contribution in [0, 0.1) is 12.8 Å². The first kappa shape index (κ1) is 15.6. The Bertz CT molecular complexity index is 692. The van der Waals surface area contributed by atoms with Crippen molar-refractivity contribution in [3.63, 3.8) is 0 Å². The molecule has 2 aromatic rings. The van der Waals surface area contributed by atoms with E-state index in [0.717, 1.165) is 69.2 Å². The minimum atomic E-state index is 0.593. The molecule has 1 saturated heterocycles. The molecule has 2 aromatic heterocycles. The van der Waals surface area contributed by atoms with Gasteiger partial charge in [-0.3, -0.25) is 4.90 Å². The molecule has 0 bridgehead atoms. The minimum Gasteiger partial charge on any atom is -0.476 e. The van der Waals surface area contributed by atoms with Gasteiger partial charge in [-0.15, -0.1) is 5.10 Å². The molecule has 2 aliphatic rings. The molecular formula is C18H24N4O2. The average molecular weight is 328 g/mol. The number of aromatic nitrogens is 3. The maximum absolute atomic E-state index is 5.91. The van der Waals surface area contributed by atoms with Crippen molar-refractivity contribution in [2.45, 2.75) is 45.6 Å². The Hall–Kier alpha value is -1.95. The zero-order valence-electron chi connectivity index (χ0n) is 14.2. The molecule has 6 heteroatoms. The Balaban J connectivity index is 1.23. The Kier molecular flexibility index (Phi) is 4.47. The summed E-state index contributed by atoms with van der Waals surface area (Å²) in [6.45, 7) is 5.66. The summed E-state index contributed by atoms with van der Waals surface area (Å²) in [6.07, 6.45) is 7.42. The van der Waals surface area contributed by atoms with Crippen LogP contribution in [0.3, 0.4) is 0 Å². The largest absolute Gasteiger partial charge is 0.476 e. The minimum absolute atomic E-state index is 0.593. The van der Waals surface area contributed by atoms with Crippen molar-refractivity contribution in [1.29, 1.82) is 0 Å². The zero-order chi connectivity index (χ0) is 16.4. The molecule has 0 spiro atoms. The number of ether oxygens (including phenoxy) is 1. The van der Waals surface area contributed by atoms with Crippen LogP contribution in [-0.4, -0.2) is 39.8 Å². The number of aryl methyl sites for hydroxylation is 3. The molecule has 0 saturated carbocycles. The lowest BCUT2D eigenvalue weighted by Gasteiger charge is -2.31. The molecule has 4 rings (SSSR count). The molecule has 0 unspecified atom stereocenters. The molecule has 0 aromatic carbocycles. The SMILES string of the molecule is Cc1nc(CN2CCC(COc3cc4c(nn3)CCC4)CC2)co1. The van der Waals surface area contributed by atoms with E-state index in [1.807, 2.05) is 6.92 Å². The first-order chi connectivity index (χ1) is 11.8. The van der Waals surface area contributed by atoms with Gasteiger partial charge in [-0.25, -0.2) is 4.98 Å². The smallest absolute Gasteiger partial charge is 0.233 e. The standard InChI is InChI=1S/C18H24N4O2/c1-13-19-16(12-23-13)10-22-7-5-14(6-8-22)11-24-18-9-15-3-2-4-17(15)20-21-18/h9,12,14H,2-8,10-11H2,1H3. The molecule has 3 heterocycles. The zero-order valence-corrected chi connectivity index (χ0v) is 14.2. The lowest BCUT2D eigenvalue weighted by molar-refractivity contribution is 0.133. The van der Waals surface area contributed by atoms with E-state index in [9.17, 15) is 0 Å². The number of nitrogens with zero attached hydrogens (tertiary/aromatic N) is 4. The number of fused-ring (bicyclic) bond motifs is 1. The van der Waals surface area contributed by atoms with Crippen LogP contribution in [0.1, 0.15) is 42.1 Å². The summed E-state index contributed by atoms with van der Waals surface area (Å²) in [5.41, 5.74) is 3.49. The van der Waals surface area contributed by atoms with E-state index in [1.54, 1.807) is 6.26 Å². The molecule has 1 aliphatic carbocycles. The summed E-state index contributed by atoms with van der Waals surface area (Å²) in [7, 11) is 0. The molecule has 128 valence electrons. The molecule has 1 aliphatic heterocycles. The average Bonchev–Trinajstić information content (AvgIpc) is 3.22. The normalized spacial score (nSPS) is 18.7. The van der Waals surface area contributed by atoms with Crippen molar-refractivity contribution in [1.82, 2.24) is 20.1 Å². The molecule has 0 amide bonds. The van der Waals surface area contributed by atoms with Gasteiger partial charge in [-0.2, -0.15) is 5.10 Å². The lowest BCUT2D eigenvalue weighted by Crippen LogP contribution is -2.35. The summed E-state index contributed by atoms with van der Waals surface area (Å²) in [6, 6.07) is 2.08. The third kappa shape index (κ3) is 3.59. The van der Waals surface area contributed by atoms with Gasteiger partial charge < -0.3 is 9.15 Å². The van der Waals surface area contributed by atoms with Crippen LogP contribution in [0.5, 0.6) is 5.88 Å². The third-order valence-electron chi connectivity index (χ3n) is 5.02. The summed E-state index contributed by atoms with van der Waals surface area (Å²) in [4.78, 5) is 6.81. The first-order valence-electron chi connectivity index (χ1n) is 8.88. The molecule has 0 N–H and O–H groups in total. The van der Waals surface area contributed by atoms with Gasteiger partial charge in [-0.05, 0) is 56.7 Å². The molecule has 6 nitrogen and oxygen atoms in total. The topological polar surface area (TPSA) is 64.3 Å². The van der Waals surface area contributed by atoms with E-state index in [2.05, 4.69) is 26.1 Å². The van der Waals surface area contributed by atoms with Crippen LogP contribution in [0.25, 0.3) is 0 Å². The maximum Gasteiger partial charge on any atom is 0.233 e. The number of piperidine rings is 1. The van der Waals surface area contributed by atoms with Crippen LogP contribution in [0.2, 0.25) is 0 Å². The second kappa shape index (κ2) is 6.89. The monoisotopic (exact) mass is 328 g/mol. The quantitative estimate of drug-likeness (QED) is 0.840. The highest BCUT2D eigenvalue weighted by Gasteiger charge is 2.21. The van der Waals surface area contributed by atoms with Crippen molar-refractivity contribution in [3.05, 3.63) is 35.2 Å². The molecular weight excluding hydrogens is 304 g/mol. The van der Waals surface area contributed by atoms with Crippen molar-refractivity contribution < 1.29 is 9.15 Å². The highest BCUT2D eigenvalue weighted by atomic mass is 16.5. The fourth-order valence-electron chi connectivity index (χ4n) is 3.60. The van der Waals surface area contributed by atoms with Gasteiger partial charge >= 0.3 is 0 Å². The number of hydrogen-bond donors (Lipinski definition) is 0. The Morgan fingerprint density at radius 3 is 2.92 bits per heavy atom. The summed E-state index contributed by atoms with van der Waals surface area (Å²) < 4.78 is 11.2. The Morgan fingerprint density at radius 1 is 1.25 bits per heavy atom. The van der Waals surface area contributed by atoms with E-state index < -0.39 is 0 Å². The lowest BCUT2D eigenvalue weighted by atomic mass is 9.98. The molecule has 24 heavy (non-hydrogen) atoms. The van der Waals surface area contributed by atoms with Crippen molar-refractivity contribution in [2.75, 3.05) is 19.7 Å². The van der Waals surface area contributed by atoms with Crippen LogP contribution >= 0.6 is 0 Å². The Labute approximate surface area is 142 Å². The van der Waals surface area contributed by atoms with E-state index in [1.165, 1.54) is 12.0 Å². The van der Waals surface area contributed by atoms with Crippen LogP contribution < -0.4 is 4.74 Å². The van der Waals surface area contributed by atoms with Crippen LogP contribution in [0.4, 0.5) is 0 Å². The van der Waals surface area contributed by atoms with Gasteiger partial charge in [0.15, 0.2) is 5.89 Å². The van der Waals surface area contributed by atoms with E-state index in [0.29, 0.717) is 11.8 Å². The van der Waals surface area contributed by atoms with Crippen molar-refractivity contribution >= 4 is 0 Å². The van der Waals surface area contributed by atoms with Gasteiger partial charge in [0.1, 0.15) is 6.26 Å². The number of rotatable bonds is 5. The Morgan fingerprint density at radius 2 is 2.12 bits per heavy atom. The van der Waals surface area contributed by atoms with Gasteiger partial charge in [0.2, 0.25) is 5.88 Å². The van der Waals surface area contributed by atoms with E-state index in [-0.39, 0.29) is 0 Å². The second-order valence-electron chi connectivity index (χ2n) is 6.90. The third-order valence-corrected chi connectivity index (χ3v) is 5.02. The molecule has 0 radical (unpaired) electrons. The maximum atomic E-state index is 5.91. The summed E-state index contributed by atoms with van der Waals surface area (Å²) in [5, 5.41) is 8.49. The van der Waals surface area contributed by atoms with Gasteiger partial charge in [-0.1, -0.05) is 0 Å². The number of likely N-dealkylation sites (tertiary alicyclic amines) is 1. The van der Waals surface area contributed by atoms with Crippen LogP contribution in [0.15, 0.2) is 16.7 Å². The van der Waals surface area contributed by atoms with Gasteiger partial charge in [0.05, 0.1) is 18.0 Å². The van der Waals surface area contributed by atoms with Crippen LogP contribution in [-0.2, 0) is 19.4 Å². The van der Waals surface area contributed by atoms with E-state index in [4.69, 9.17) is 9.15 Å². The molecule has 0 atom stereocenters. The highest BCUT2D eigenvalue weighted by Crippen LogP contribution is 2.24. The second-order valence-corrected chi connectivity index (χ2v) is 6.90. The van der Waals surface area contributed by atoms with Gasteiger partial charge in [0.25, 0.3) is 0 Å². The fourth-order valence-corrected chi connectivity index (χ4v) is 3.60. The molecule has 1 fully saturated rings. The summed E-state index contributed by atoms with van der Waals surface area (Å²) >= 11 is 0. The number of oxazole rings is 1. The highest BCUT2D eigenvalue weighted by molar-refractivity contribution is 5.27. The predicted octanol–water partition coefficient (Wildman–Crippen LogP) is 2.55. The van der Waals surface area contributed by atoms with Gasteiger partial charge in [0, 0.05) is 19.5 Å². The van der Waals surface area contributed by atoms with E-state index >= 15 is 0 Å². The fraction of sp³-hybridized carbons (Fsp3) is 0.611. The van der Waals surface area contributed by atoms with Crippen molar-refractivity contribution in [2.24, 2.45) is 5.92 Å². The predicted molar refractivity (Wildman–Crippen MR) is 88.8 cm³/mol. The first-order valence-corrected chi connectivity index (χ1v) is 8.88. The van der Waals surface area contributed by atoms with Crippen molar-refractivity contribution in [3.8, 4) is 5.88 Å². The summed E-state index contributed by atoms with van der Waals surface area (Å²) in [5.74, 6) is 2.02.